The molecule has 0 unspecified atom stereocenters. The van der Waals surface area contributed by atoms with E-state index in [4.69, 9.17) is 0 Å². The van der Waals surface area contributed by atoms with Crippen molar-refractivity contribution in [1.82, 2.24) is 9.97 Å². The van der Waals surface area contributed by atoms with Crippen LogP contribution in [-0.4, -0.2) is 48.6 Å². The summed E-state index contributed by atoms with van der Waals surface area (Å²) in [5.74, 6) is 1.39. The third-order valence-corrected chi connectivity index (χ3v) is 6.76. The fraction of sp³-hybridized carbons (Fsp3) is 0.500. The molecule has 0 saturated carbocycles. The summed E-state index contributed by atoms with van der Waals surface area (Å²) in [6, 6.07) is 4.13. The Labute approximate surface area is 169 Å². The predicted molar refractivity (Wildman–Crippen MR) is 109 cm³/mol. The summed E-state index contributed by atoms with van der Waals surface area (Å²) < 4.78 is 0. The van der Waals surface area contributed by atoms with Crippen LogP contribution in [0.25, 0.3) is 0 Å². The van der Waals surface area contributed by atoms with E-state index < -0.39 is 0 Å². The number of amides is 1. The van der Waals surface area contributed by atoms with Gasteiger partial charge in [-0.25, -0.2) is 9.97 Å². The maximum Gasteiger partial charge on any atom is 0.280 e. The zero-order chi connectivity index (χ0) is 19.5. The Kier molecular flexibility index (Phi) is 5.55. The minimum Gasteiger partial charge on any atom is -0.330 e. The molecule has 1 saturated heterocycles. The predicted octanol–water partition coefficient (Wildman–Crippen LogP) is 0.878. The van der Waals surface area contributed by atoms with E-state index in [1.54, 1.807) is 23.7 Å². The summed E-state index contributed by atoms with van der Waals surface area (Å²) in [7, 11) is 0. The normalized spacial score (nSPS) is 19.7. The third-order valence-electron chi connectivity index (χ3n) is 5.59. The highest BCUT2D eigenvalue weighted by Crippen LogP contribution is 2.39. The van der Waals surface area contributed by atoms with E-state index in [9.17, 15) is 10.1 Å². The van der Waals surface area contributed by atoms with Crippen molar-refractivity contribution in [2.75, 3.05) is 42.9 Å². The van der Waals surface area contributed by atoms with Gasteiger partial charge in [0.25, 0.3) is 5.91 Å². The van der Waals surface area contributed by atoms with E-state index in [-0.39, 0.29) is 5.91 Å². The van der Waals surface area contributed by atoms with E-state index in [0.717, 1.165) is 62.0 Å². The fourth-order valence-electron chi connectivity index (χ4n) is 4.01. The average molecular weight is 398 g/mol. The maximum absolute atomic E-state index is 12.6. The van der Waals surface area contributed by atoms with Crippen molar-refractivity contribution in [3.63, 3.8) is 0 Å². The molecular formula is C20H25N6OS+. The number of fused-ring (bicyclic) bond motifs is 1. The molecule has 146 valence electrons. The lowest BCUT2D eigenvalue weighted by atomic mass is 9.89. The van der Waals surface area contributed by atoms with Crippen molar-refractivity contribution >= 4 is 28.2 Å². The zero-order valence-electron chi connectivity index (χ0n) is 16.1. The first-order chi connectivity index (χ1) is 13.6. The standard InChI is InChI=1S/C20H24N6OS/c1-14-3-4-15-16(12-21)19(28-17(15)11-14)24-18(27)13-25-7-9-26(10-8-25)20-22-5-2-6-23-20/h2,5-6,14H,3-4,7-11,13H2,1H3,(H,24,27)/p+1/t14-/m0/s1. The molecule has 1 aliphatic heterocycles. The van der Waals surface area contributed by atoms with E-state index in [1.807, 2.05) is 6.07 Å². The lowest BCUT2D eigenvalue weighted by molar-refractivity contribution is -0.892. The maximum atomic E-state index is 12.6. The van der Waals surface area contributed by atoms with Gasteiger partial charge < -0.3 is 15.1 Å². The molecule has 2 N–H and O–H groups in total. The number of carbonyl (C=O) groups is 1. The Morgan fingerprint density at radius 3 is 2.86 bits per heavy atom. The lowest BCUT2D eigenvalue weighted by Crippen LogP contribution is -3.15. The highest BCUT2D eigenvalue weighted by atomic mass is 32.1. The Balaban J connectivity index is 1.34. The van der Waals surface area contributed by atoms with Gasteiger partial charge >= 0.3 is 0 Å². The SMILES string of the molecule is C[C@H]1CCc2c(sc(NC(=O)C[NH+]3CCN(c4ncccn4)CC3)c2C#N)C1. The fourth-order valence-corrected chi connectivity index (χ4v) is 5.39. The van der Waals surface area contributed by atoms with E-state index in [2.05, 4.69) is 33.2 Å². The molecule has 2 aromatic heterocycles. The molecule has 1 fully saturated rings. The molecule has 28 heavy (non-hydrogen) atoms. The molecule has 3 heterocycles. The lowest BCUT2D eigenvalue weighted by Gasteiger charge is -2.31. The highest BCUT2D eigenvalue weighted by molar-refractivity contribution is 7.16. The number of hydrogen-bond donors (Lipinski definition) is 2. The van der Waals surface area contributed by atoms with Crippen LogP contribution in [0.3, 0.4) is 0 Å². The van der Waals surface area contributed by atoms with Crippen molar-refractivity contribution < 1.29 is 9.69 Å². The van der Waals surface area contributed by atoms with E-state index in [0.29, 0.717) is 18.0 Å². The third kappa shape index (κ3) is 4.01. The van der Waals surface area contributed by atoms with Gasteiger partial charge in [-0.05, 0) is 36.8 Å². The number of carbonyl (C=O) groups excluding carboxylic acids is 1. The van der Waals surface area contributed by atoms with Crippen LogP contribution >= 0.6 is 11.3 Å². The monoisotopic (exact) mass is 397 g/mol. The van der Waals surface area contributed by atoms with Gasteiger partial charge in [0.2, 0.25) is 5.95 Å². The molecule has 2 aliphatic rings. The summed E-state index contributed by atoms with van der Waals surface area (Å²) in [4.78, 5) is 25.9. The number of thiophene rings is 1. The quantitative estimate of drug-likeness (QED) is 0.800. The van der Waals surface area contributed by atoms with Crippen molar-refractivity contribution in [3.05, 3.63) is 34.5 Å². The largest absolute Gasteiger partial charge is 0.330 e. The summed E-state index contributed by atoms with van der Waals surface area (Å²) in [6.45, 7) is 6.08. The first-order valence-electron chi connectivity index (χ1n) is 9.84. The van der Waals surface area contributed by atoms with E-state index in [1.165, 1.54) is 9.78 Å². The van der Waals surface area contributed by atoms with E-state index >= 15 is 0 Å². The number of hydrogen-bond acceptors (Lipinski definition) is 6. The Hall–Kier alpha value is -2.50. The van der Waals surface area contributed by atoms with Crippen LogP contribution in [0.15, 0.2) is 18.5 Å². The number of rotatable bonds is 4. The molecule has 0 aromatic carbocycles. The molecule has 0 spiro atoms. The topological polar surface area (TPSA) is 86.3 Å². The molecule has 1 amide bonds. The number of nitriles is 1. The average Bonchev–Trinajstić information content (AvgIpc) is 3.04. The summed E-state index contributed by atoms with van der Waals surface area (Å²) in [5, 5.41) is 13.3. The first kappa shape index (κ1) is 18.8. The molecule has 1 aliphatic carbocycles. The van der Waals surface area contributed by atoms with Gasteiger partial charge in [-0.3, -0.25) is 4.79 Å². The molecular weight excluding hydrogens is 372 g/mol. The van der Waals surface area contributed by atoms with Gasteiger partial charge in [0.1, 0.15) is 11.1 Å². The van der Waals surface area contributed by atoms with Crippen molar-refractivity contribution in [1.29, 1.82) is 5.26 Å². The van der Waals surface area contributed by atoms with Crippen LogP contribution in [0.1, 0.15) is 29.3 Å². The minimum absolute atomic E-state index is 0.0115. The minimum atomic E-state index is -0.0115. The van der Waals surface area contributed by atoms with Gasteiger partial charge in [0.15, 0.2) is 6.54 Å². The molecule has 2 aromatic rings. The molecule has 0 radical (unpaired) electrons. The van der Waals surface area contributed by atoms with Crippen molar-refractivity contribution in [3.8, 4) is 6.07 Å². The first-order valence-corrected chi connectivity index (χ1v) is 10.7. The van der Waals surface area contributed by atoms with Crippen molar-refractivity contribution in [2.45, 2.75) is 26.2 Å². The summed E-state index contributed by atoms with van der Waals surface area (Å²) in [6.07, 6.45) is 6.58. The number of anilines is 2. The second-order valence-corrected chi connectivity index (χ2v) is 8.78. The second kappa shape index (κ2) is 8.25. The zero-order valence-corrected chi connectivity index (χ0v) is 16.9. The van der Waals surface area contributed by atoms with Crippen LogP contribution in [0.2, 0.25) is 0 Å². The van der Waals surface area contributed by atoms with Crippen LogP contribution in [0.5, 0.6) is 0 Å². The second-order valence-electron chi connectivity index (χ2n) is 7.68. The van der Waals surface area contributed by atoms with Crippen LogP contribution < -0.4 is 15.1 Å². The van der Waals surface area contributed by atoms with Crippen LogP contribution in [-0.2, 0) is 17.6 Å². The Morgan fingerprint density at radius 2 is 2.14 bits per heavy atom. The number of nitrogens with zero attached hydrogens (tertiary/aromatic N) is 4. The molecule has 0 bridgehead atoms. The number of piperazine rings is 1. The van der Waals surface area contributed by atoms with Gasteiger partial charge in [-0.15, -0.1) is 11.3 Å². The molecule has 7 nitrogen and oxygen atoms in total. The van der Waals surface area contributed by atoms with Gasteiger partial charge in [-0.2, -0.15) is 5.26 Å². The molecule has 4 rings (SSSR count). The molecule has 1 atom stereocenters. The van der Waals surface area contributed by atoms with Gasteiger partial charge in [-0.1, -0.05) is 6.92 Å². The molecule has 8 heteroatoms. The Morgan fingerprint density at radius 1 is 1.39 bits per heavy atom. The summed E-state index contributed by atoms with van der Waals surface area (Å²) in [5.41, 5.74) is 1.84. The van der Waals surface area contributed by atoms with Crippen LogP contribution in [0, 0.1) is 17.2 Å². The summed E-state index contributed by atoms with van der Waals surface area (Å²) >= 11 is 1.59. The number of aromatic nitrogens is 2. The number of nitrogens with one attached hydrogen (secondary N) is 2. The number of quaternary nitrogens is 1. The Bertz CT molecular complexity index is 882. The van der Waals surface area contributed by atoms with Crippen molar-refractivity contribution in [2.24, 2.45) is 5.92 Å². The highest BCUT2D eigenvalue weighted by Gasteiger charge is 2.27. The smallest absolute Gasteiger partial charge is 0.280 e. The van der Waals surface area contributed by atoms with Gasteiger partial charge in [0, 0.05) is 17.3 Å². The van der Waals surface area contributed by atoms with Gasteiger partial charge in [0.05, 0.1) is 31.7 Å². The van der Waals surface area contributed by atoms with Crippen LogP contribution in [0.4, 0.5) is 10.9 Å².